The average Bonchev–Trinajstić information content (AvgIpc) is 2.22. The van der Waals surface area contributed by atoms with Gasteiger partial charge in [-0.05, 0) is 32.9 Å². The van der Waals surface area contributed by atoms with E-state index in [1.165, 1.54) is 0 Å². The normalized spacial score (nSPS) is 12.8. The third-order valence-electron chi connectivity index (χ3n) is 1.75. The SMILES string of the molecule is CC(C)(C)ONS(=O)(=O)c1ccc(F)c(F)c1F. The fourth-order valence-corrected chi connectivity index (χ4v) is 1.96. The quantitative estimate of drug-likeness (QED) is 0.683. The summed E-state index contributed by atoms with van der Waals surface area (Å²) in [6.07, 6.45) is 0. The van der Waals surface area contributed by atoms with Gasteiger partial charge in [-0.3, -0.25) is 4.84 Å². The Morgan fingerprint density at radius 2 is 1.67 bits per heavy atom. The second-order valence-electron chi connectivity index (χ2n) is 4.47. The summed E-state index contributed by atoms with van der Waals surface area (Å²) in [6, 6.07) is 1.13. The van der Waals surface area contributed by atoms with Gasteiger partial charge in [-0.2, -0.15) is 0 Å². The first-order valence-corrected chi connectivity index (χ1v) is 6.36. The maximum atomic E-state index is 13.3. The molecule has 8 heteroatoms. The molecule has 1 N–H and O–H groups in total. The van der Waals surface area contributed by atoms with Crippen molar-refractivity contribution >= 4 is 10.0 Å². The summed E-state index contributed by atoms with van der Waals surface area (Å²) in [5, 5.41) is 0. The van der Waals surface area contributed by atoms with E-state index in [-0.39, 0.29) is 0 Å². The number of benzene rings is 1. The van der Waals surface area contributed by atoms with Crippen molar-refractivity contribution < 1.29 is 26.4 Å². The molecule has 0 spiro atoms. The van der Waals surface area contributed by atoms with Gasteiger partial charge >= 0.3 is 0 Å². The summed E-state index contributed by atoms with van der Waals surface area (Å²) in [5.41, 5.74) is -0.859. The van der Waals surface area contributed by atoms with Crippen molar-refractivity contribution in [2.45, 2.75) is 31.3 Å². The predicted molar refractivity (Wildman–Crippen MR) is 57.5 cm³/mol. The van der Waals surface area contributed by atoms with Crippen molar-refractivity contribution in [1.29, 1.82) is 0 Å². The van der Waals surface area contributed by atoms with E-state index in [0.29, 0.717) is 12.1 Å². The third-order valence-corrected chi connectivity index (χ3v) is 2.94. The van der Waals surface area contributed by atoms with E-state index < -0.39 is 38.0 Å². The predicted octanol–water partition coefficient (Wildman–Crippen LogP) is 2.11. The maximum absolute atomic E-state index is 13.3. The van der Waals surface area contributed by atoms with E-state index in [4.69, 9.17) is 4.84 Å². The lowest BCUT2D eigenvalue weighted by atomic mass is 10.2. The molecule has 1 aromatic rings. The van der Waals surface area contributed by atoms with E-state index in [9.17, 15) is 21.6 Å². The van der Waals surface area contributed by atoms with Gasteiger partial charge in [0.1, 0.15) is 4.90 Å². The molecule has 1 aromatic carbocycles. The van der Waals surface area contributed by atoms with E-state index in [1.807, 2.05) is 0 Å². The van der Waals surface area contributed by atoms with E-state index in [1.54, 1.807) is 25.7 Å². The molecular formula is C10H12F3NO3S. The van der Waals surface area contributed by atoms with Crippen molar-refractivity contribution in [3.63, 3.8) is 0 Å². The van der Waals surface area contributed by atoms with Crippen LogP contribution in [-0.4, -0.2) is 14.0 Å². The number of nitrogens with one attached hydrogen (secondary N) is 1. The van der Waals surface area contributed by atoms with Gasteiger partial charge in [0.25, 0.3) is 10.0 Å². The largest absolute Gasteiger partial charge is 0.281 e. The summed E-state index contributed by atoms with van der Waals surface area (Å²) in [4.78, 5) is 5.38. The van der Waals surface area contributed by atoms with Crippen molar-refractivity contribution in [3.05, 3.63) is 29.6 Å². The highest BCUT2D eigenvalue weighted by Gasteiger charge is 2.25. The topological polar surface area (TPSA) is 55.4 Å². The standard InChI is InChI=1S/C10H12F3NO3S/c1-10(2,3)17-14-18(15,16)7-5-4-6(11)8(12)9(7)13/h4-5,14H,1-3H3. The molecule has 0 saturated heterocycles. The summed E-state index contributed by atoms with van der Waals surface area (Å²) < 4.78 is 62.1. The number of hydrogen-bond acceptors (Lipinski definition) is 3. The highest BCUT2D eigenvalue weighted by molar-refractivity contribution is 7.89. The van der Waals surface area contributed by atoms with Crippen LogP contribution in [0.25, 0.3) is 0 Å². The maximum Gasteiger partial charge on any atom is 0.265 e. The number of hydrogen-bond donors (Lipinski definition) is 1. The van der Waals surface area contributed by atoms with Crippen LogP contribution in [0.1, 0.15) is 20.8 Å². The zero-order valence-electron chi connectivity index (χ0n) is 9.92. The van der Waals surface area contributed by atoms with Crippen LogP contribution >= 0.6 is 0 Å². The molecule has 0 aromatic heterocycles. The molecule has 0 atom stereocenters. The highest BCUT2D eigenvalue weighted by Crippen LogP contribution is 2.20. The van der Waals surface area contributed by atoms with Crippen LogP contribution in [0, 0.1) is 17.5 Å². The van der Waals surface area contributed by atoms with Crippen LogP contribution in [0.3, 0.4) is 0 Å². The lowest BCUT2D eigenvalue weighted by Gasteiger charge is -2.19. The Balaban J connectivity index is 3.11. The minimum absolute atomic E-state index is 0.518. The lowest BCUT2D eigenvalue weighted by Crippen LogP contribution is -2.34. The van der Waals surface area contributed by atoms with Crippen LogP contribution in [0.15, 0.2) is 17.0 Å². The Morgan fingerprint density at radius 3 is 2.17 bits per heavy atom. The minimum atomic E-state index is -4.42. The summed E-state index contributed by atoms with van der Waals surface area (Å²) in [6.45, 7) is 4.66. The molecule has 0 amide bonds. The van der Waals surface area contributed by atoms with E-state index in [2.05, 4.69) is 0 Å². The summed E-state index contributed by atoms with van der Waals surface area (Å²) >= 11 is 0. The Bertz CT molecular complexity index is 552. The van der Waals surface area contributed by atoms with Gasteiger partial charge in [0.15, 0.2) is 17.5 Å². The molecule has 0 radical (unpaired) electrons. The molecule has 0 unspecified atom stereocenters. The van der Waals surface area contributed by atoms with Gasteiger partial charge in [0.2, 0.25) is 0 Å². The molecule has 0 aliphatic carbocycles. The van der Waals surface area contributed by atoms with Gasteiger partial charge in [0.05, 0.1) is 5.60 Å². The molecule has 102 valence electrons. The molecular weight excluding hydrogens is 271 g/mol. The molecule has 1 rings (SSSR count). The molecule has 18 heavy (non-hydrogen) atoms. The average molecular weight is 283 g/mol. The smallest absolute Gasteiger partial charge is 0.265 e. The van der Waals surface area contributed by atoms with E-state index >= 15 is 0 Å². The van der Waals surface area contributed by atoms with Gasteiger partial charge in [-0.1, -0.05) is 4.89 Å². The zero-order chi connectivity index (χ0) is 14.1. The van der Waals surface area contributed by atoms with Crippen LogP contribution in [0.2, 0.25) is 0 Å². The first kappa shape index (κ1) is 14.9. The number of sulfonamides is 1. The van der Waals surface area contributed by atoms with Gasteiger partial charge in [-0.25, -0.2) is 21.6 Å². The highest BCUT2D eigenvalue weighted by atomic mass is 32.2. The molecule has 0 aliphatic rings. The molecule has 0 bridgehead atoms. The molecule has 0 aliphatic heterocycles. The first-order chi connectivity index (χ1) is 8.04. The van der Waals surface area contributed by atoms with Gasteiger partial charge in [0, 0.05) is 0 Å². The summed E-state index contributed by atoms with van der Waals surface area (Å²) in [5.74, 6) is -5.11. The Hall–Kier alpha value is -1.12. The molecule has 0 saturated carbocycles. The van der Waals surface area contributed by atoms with Crippen LogP contribution in [0.5, 0.6) is 0 Å². The lowest BCUT2D eigenvalue weighted by molar-refractivity contribution is -0.0358. The van der Waals surface area contributed by atoms with Crippen LogP contribution in [0.4, 0.5) is 13.2 Å². The number of rotatable bonds is 3. The minimum Gasteiger partial charge on any atom is -0.281 e. The summed E-state index contributed by atoms with van der Waals surface area (Å²) in [7, 11) is -4.42. The third kappa shape index (κ3) is 3.44. The van der Waals surface area contributed by atoms with Crippen molar-refractivity contribution in [2.75, 3.05) is 0 Å². The van der Waals surface area contributed by atoms with Crippen molar-refractivity contribution in [3.8, 4) is 0 Å². The Labute approximate surface area is 103 Å². The van der Waals surface area contributed by atoms with Crippen molar-refractivity contribution in [1.82, 2.24) is 4.89 Å². The molecule has 0 heterocycles. The van der Waals surface area contributed by atoms with E-state index in [0.717, 1.165) is 0 Å². The second-order valence-corrected chi connectivity index (χ2v) is 6.09. The fraction of sp³-hybridized carbons (Fsp3) is 0.400. The van der Waals surface area contributed by atoms with Crippen LogP contribution < -0.4 is 4.89 Å². The first-order valence-electron chi connectivity index (χ1n) is 4.88. The molecule has 0 fully saturated rings. The molecule has 4 nitrogen and oxygen atoms in total. The Morgan fingerprint density at radius 1 is 1.11 bits per heavy atom. The Kier molecular flexibility index (Phi) is 4.04. The zero-order valence-corrected chi connectivity index (χ0v) is 10.7. The van der Waals surface area contributed by atoms with Crippen molar-refractivity contribution in [2.24, 2.45) is 0 Å². The van der Waals surface area contributed by atoms with Gasteiger partial charge in [-0.15, -0.1) is 0 Å². The monoisotopic (exact) mass is 283 g/mol. The van der Waals surface area contributed by atoms with Crippen LogP contribution in [-0.2, 0) is 14.9 Å². The second kappa shape index (κ2) is 4.87. The fourth-order valence-electron chi connectivity index (χ4n) is 0.940. The van der Waals surface area contributed by atoms with Gasteiger partial charge < -0.3 is 0 Å². The number of halogens is 3.